The minimum Gasteiger partial charge on any atom is -0.353 e. The topological polar surface area (TPSA) is 52.7 Å². The lowest BCUT2D eigenvalue weighted by atomic mass is 9.91. The van der Waals surface area contributed by atoms with E-state index in [0.717, 1.165) is 64.7 Å². The molecule has 1 saturated carbocycles. The van der Waals surface area contributed by atoms with Crippen LogP contribution in [0.3, 0.4) is 0 Å². The zero-order chi connectivity index (χ0) is 21.8. The van der Waals surface area contributed by atoms with Crippen LogP contribution < -0.4 is 5.32 Å². The zero-order valence-corrected chi connectivity index (χ0v) is 19.6. The first-order valence-electron chi connectivity index (χ1n) is 11.8. The normalized spacial score (nSPS) is 22.5. The van der Waals surface area contributed by atoms with Crippen LogP contribution in [-0.2, 0) is 4.79 Å². The Morgan fingerprint density at radius 2 is 1.42 bits per heavy atom. The van der Waals surface area contributed by atoms with E-state index in [1.165, 1.54) is 19.3 Å². The molecule has 0 atom stereocenters. The lowest BCUT2D eigenvalue weighted by molar-refractivity contribution is -0.127. The van der Waals surface area contributed by atoms with Crippen molar-refractivity contribution in [1.29, 1.82) is 0 Å². The highest BCUT2D eigenvalue weighted by Crippen LogP contribution is 2.27. The zero-order valence-electron chi connectivity index (χ0n) is 18.1. The summed E-state index contributed by atoms with van der Waals surface area (Å²) in [5, 5.41) is 4.28. The molecule has 3 fully saturated rings. The molecule has 2 heterocycles. The summed E-state index contributed by atoms with van der Waals surface area (Å²) >= 11 is 12.1. The van der Waals surface area contributed by atoms with Gasteiger partial charge < -0.3 is 15.1 Å². The number of likely N-dealkylation sites (tertiary alicyclic amines) is 2. The quantitative estimate of drug-likeness (QED) is 0.696. The fraction of sp³-hybridized carbons (Fsp3) is 0.667. The molecule has 1 N–H and O–H groups in total. The third-order valence-corrected chi connectivity index (χ3v) is 7.67. The highest BCUT2D eigenvalue weighted by Gasteiger charge is 2.32. The Bertz CT molecular complexity index is 761. The van der Waals surface area contributed by atoms with E-state index < -0.39 is 0 Å². The van der Waals surface area contributed by atoms with Crippen LogP contribution in [0.5, 0.6) is 0 Å². The first-order valence-corrected chi connectivity index (χ1v) is 12.5. The number of amides is 2. The molecule has 2 saturated heterocycles. The van der Waals surface area contributed by atoms with E-state index in [2.05, 4.69) is 10.2 Å². The van der Waals surface area contributed by atoms with Gasteiger partial charge in [0.25, 0.3) is 5.91 Å². The SMILES string of the molecule is O=C(NC1CCCCC1)C1CCN(C2CCN(C(=O)c3cc(Cl)cc(Cl)c3)CC2)CC1. The molecule has 5 nitrogen and oxygen atoms in total. The summed E-state index contributed by atoms with van der Waals surface area (Å²) in [4.78, 5) is 29.9. The Balaban J connectivity index is 1.22. The Hall–Kier alpha value is -1.30. The van der Waals surface area contributed by atoms with Gasteiger partial charge in [-0.1, -0.05) is 42.5 Å². The average Bonchev–Trinajstić information content (AvgIpc) is 2.79. The van der Waals surface area contributed by atoms with Gasteiger partial charge in [-0.15, -0.1) is 0 Å². The molecule has 7 heteroatoms. The molecule has 31 heavy (non-hydrogen) atoms. The fourth-order valence-corrected chi connectivity index (χ4v) is 5.91. The molecule has 3 aliphatic rings. The van der Waals surface area contributed by atoms with Gasteiger partial charge in [-0.25, -0.2) is 0 Å². The summed E-state index contributed by atoms with van der Waals surface area (Å²) in [6, 6.07) is 5.91. The summed E-state index contributed by atoms with van der Waals surface area (Å²) in [5.74, 6) is 0.431. The molecule has 0 spiro atoms. The van der Waals surface area contributed by atoms with Crippen molar-refractivity contribution in [1.82, 2.24) is 15.1 Å². The van der Waals surface area contributed by atoms with Crippen LogP contribution in [0.2, 0.25) is 10.0 Å². The smallest absolute Gasteiger partial charge is 0.253 e. The van der Waals surface area contributed by atoms with Crippen molar-refractivity contribution in [3.05, 3.63) is 33.8 Å². The molecule has 1 aromatic rings. The molecular weight excluding hydrogens is 433 g/mol. The largest absolute Gasteiger partial charge is 0.353 e. The predicted molar refractivity (Wildman–Crippen MR) is 125 cm³/mol. The number of rotatable bonds is 4. The maximum Gasteiger partial charge on any atom is 0.253 e. The van der Waals surface area contributed by atoms with Crippen molar-refractivity contribution in [2.24, 2.45) is 5.92 Å². The van der Waals surface area contributed by atoms with Gasteiger partial charge in [0.2, 0.25) is 5.91 Å². The molecule has 0 bridgehead atoms. The maximum atomic E-state index is 12.8. The number of nitrogens with one attached hydrogen (secondary N) is 1. The fourth-order valence-electron chi connectivity index (χ4n) is 5.39. The summed E-state index contributed by atoms with van der Waals surface area (Å²) in [5.41, 5.74) is 0.556. The molecule has 0 unspecified atom stereocenters. The van der Waals surface area contributed by atoms with Gasteiger partial charge >= 0.3 is 0 Å². The predicted octanol–water partition coefficient (Wildman–Crippen LogP) is 4.76. The van der Waals surface area contributed by atoms with Crippen molar-refractivity contribution >= 4 is 35.0 Å². The molecule has 0 aromatic heterocycles. The second kappa shape index (κ2) is 10.5. The van der Waals surface area contributed by atoms with Gasteiger partial charge in [0.05, 0.1) is 0 Å². The minimum atomic E-state index is 0.000872. The number of piperidine rings is 2. The third-order valence-electron chi connectivity index (χ3n) is 7.23. The van der Waals surface area contributed by atoms with Crippen LogP contribution >= 0.6 is 23.2 Å². The van der Waals surface area contributed by atoms with E-state index >= 15 is 0 Å². The van der Waals surface area contributed by atoms with E-state index in [9.17, 15) is 9.59 Å². The van der Waals surface area contributed by atoms with E-state index in [1.54, 1.807) is 18.2 Å². The molecule has 170 valence electrons. The number of hydrogen-bond donors (Lipinski definition) is 1. The van der Waals surface area contributed by atoms with Gasteiger partial charge in [-0.3, -0.25) is 9.59 Å². The first kappa shape index (κ1) is 22.9. The molecule has 1 aromatic carbocycles. The van der Waals surface area contributed by atoms with Gasteiger partial charge in [0, 0.05) is 46.7 Å². The molecular formula is C24H33Cl2N3O2. The number of halogens is 2. The van der Waals surface area contributed by atoms with Crippen molar-refractivity contribution in [2.45, 2.75) is 69.9 Å². The Morgan fingerprint density at radius 1 is 0.806 bits per heavy atom. The molecule has 2 amide bonds. The van der Waals surface area contributed by atoms with Crippen LogP contribution in [0.25, 0.3) is 0 Å². The van der Waals surface area contributed by atoms with E-state index in [4.69, 9.17) is 23.2 Å². The lowest BCUT2D eigenvalue weighted by Gasteiger charge is -2.41. The molecule has 1 aliphatic carbocycles. The van der Waals surface area contributed by atoms with E-state index in [0.29, 0.717) is 27.7 Å². The average molecular weight is 466 g/mol. The third kappa shape index (κ3) is 5.94. The second-order valence-corrected chi connectivity index (χ2v) is 10.2. The highest BCUT2D eigenvalue weighted by molar-refractivity contribution is 6.35. The van der Waals surface area contributed by atoms with Crippen LogP contribution in [-0.4, -0.2) is 59.9 Å². The highest BCUT2D eigenvalue weighted by atomic mass is 35.5. The molecule has 4 rings (SSSR count). The van der Waals surface area contributed by atoms with Crippen molar-refractivity contribution in [3.8, 4) is 0 Å². The summed E-state index contributed by atoms with van der Waals surface area (Å²) < 4.78 is 0. The first-order chi connectivity index (χ1) is 15.0. The van der Waals surface area contributed by atoms with Crippen LogP contribution in [0.4, 0.5) is 0 Å². The number of carbonyl (C=O) groups excluding carboxylic acids is 2. The molecule has 2 aliphatic heterocycles. The minimum absolute atomic E-state index is 0.000872. The van der Waals surface area contributed by atoms with Gasteiger partial charge in [0.1, 0.15) is 0 Å². The summed E-state index contributed by atoms with van der Waals surface area (Å²) in [6.45, 7) is 3.45. The van der Waals surface area contributed by atoms with E-state index in [1.807, 2.05) is 4.90 Å². The van der Waals surface area contributed by atoms with Crippen molar-refractivity contribution in [3.63, 3.8) is 0 Å². The van der Waals surface area contributed by atoms with Gasteiger partial charge in [0.15, 0.2) is 0 Å². The summed E-state index contributed by atoms with van der Waals surface area (Å²) in [7, 11) is 0. The summed E-state index contributed by atoms with van der Waals surface area (Å²) in [6.07, 6.45) is 9.91. The van der Waals surface area contributed by atoms with Crippen molar-refractivity contribution < 1.29 is 9.59 Å². The van der Waals surface area contributed by atoms with Crippen LogP contribution in [0, 0.1) is 5.92 Å². The van der Waals surface area contributed by atoms with E-state index in [-0.39, 0.29) is 17.7 Å². The Labute approximate surface area is 195 Å². The monoisotopic (exact) mass is 465 g/mol. The van der Waals surface area contributed by atoms with Crippen LogP contribution in [0.1, 0.15) is 68.1 Å². The molecule has 0 radical (unpaired) electrons. The number of carbonyl (C=O) groups is 2. The van der Waals surface area contributed by atoms with Crippen LogP contribution in [0.15, 0.2) is 18.2 Å². The Kier molecular flexibility index (Phi) is 7.78. The number of nitrogens with zero attached hydrogens (tertiary/aromatic N) is 2. The number of hydrogen-bond acceptors (Lipinski definition) is 3. The second-order valence-electron chi connectivity index (χ2n) is 9.34. The van der Waals surface area contributed by atoms with Crippen molar-refractivity contribution in [2.75, 3.05) is 26.2 Å². The van der Waals surface area contributed by atoms with Gasteiger partial charge in [-0.2, -0.15) is 0 Å². The standard InChI is InChI=1S/C24H33Cl2N3O2/c25-19-14-18(15-20(26)16-19)24(31)29-12-8-22(9-13-29)28-10-6-17(7-11-28)23(30)27-21-4-2-1-3-5-21/h14-17,21-22H,1-13H2,(H,27,30). The number of benzene rings is 1. The van der Waals surface area contributed by atoms with Gasteiger partial charge in [-0.05, 0) is 69.8 Å². The Morgan fingerprint density at radius 3 is 2.03 bits per heavy atom. The lowest BCUT2D eigenvalue weighted by Crippen LogP contribution is -2.50. The maximum absolute atomic E-state index is 12.8.